The van der Waals surface area contributed by atoms with Gasteiger partial charge in [-0.05, 0) is 29.3 Å². The van der Waals surface area contributed by atoms with Crippen LogP contribution < -0.4 is 4.74 Å². The molecule has 3 heteroatoms. The van der Waals surface area contributed by atoms with Gasteiger partial charge >= 0.3 is 0 Å². The lowest BCUT2D eigenvalue weighted by Crippen LogP contribution is -1.90. The van der Waals surface area contributed by atoms with Crippen LogP contribution in [-0.4, -0.2) is 12.1 Å². The number of methoxy groups -OCH3 is 1. The van der Waals surface area contributed by atoms with Gasteiger partial charge in [0.05, 0.1) is 12.1 Å². The summed E-state index contributed by atoms with van der Waals surface area (Å²) in [6.07, 6.45) is 0.847. The Morgan fingerprint density at radius 2 is 1.95 bits per heavy atom. The first-order chi connectivity index (χ1) is 9.28. The Hall–Kier alpha value is -1.87. The lowest BCUT2D eigenvalue weighted by atomic mass is 10.0. The summed E-state index contributed by atoms with van der Waals surface area (Å²) in [5.41, 5.74) is 3.58. The minimum atomic E-state index is 0.847. The largest absolute Gasteiger partial charge is 0.497 e. The molecule has 0 atom stereocenters. The van der Waals surface area contributed by atoms with Gasteiger partial charge in [0.2, 0.25) is 0 Å². The Balaban J connectivity index is 2.02. The van der Waals surface area contributed by atoms with Crippen molar-refractivity contribution in [2.24, 2.45) is 0 Å². The number of thiol groups is 1. The van der Waals surface area contributed by atoms with Crippen LogP contribution >= 0.6 is 12.6 Å². The van der Waals surface area contributed by atoms with Gasteiger partial charge in [-0.25, -0.2) is 0 Å². The second-order valence-electron chi connectivity index (χ2n) is 4.53. The number of H-pyrrole nitrogens is 1. The molecule has 0 radical (unpaired) electrons. The monoisotopic (exact) mass is 269 g/mol. The summed E-state index contributed by atoms with van der Waals surface area (Å²) in [7, 11) is 1.69. The van der Waals surface area contributed by atoms with Crippen molar-refractivity contribution in [3.05, 3.63) is 59.7 Å². The highest BCUT2D eigenvalue weighted by Gasteiger charge is 2.09. The Morgan fingerprint density at radius 3 is 2.79 bits per heavy atom. The van der Waals surface area contributed by atoms with Crippen molar-refractivity contribution in [1.82, 2.24) is 4.98 Å². The molecule has 0 saturated carbocycles. The number of aromatic amines is 1. The Morgan fingerprint density at radius 1 is 1.11 bits per heavy atom. The Kier molecular flexibility index (Phi) is 3.22. The van der Waals surface area contributed by atoms with Gasteiger partial charge in [-0.15, -0.1) is 12.6 Å². The number of hydrogen-bond donors (Lipinski definition) is 2. The molecule has 3 aromatic rings. The van der Waals surface area contributed by atoms with Crippen LogP contribution in [0.3, 0.4) is 0 Å². The highest BCUT2D eigenvalue weighted by atomic mass is 32.1. The molecule has 2 nitrogen and oxygen atoms in total. The number of para-hydroxylation sites is 1. The summed E-state index contributed by atoms with van der Waals surface area (Å²) in [6, 6.07) is 16.4. The van der Waals surface area contributed by atoms with E-state index < -0.39 is 0 Å². The molecule has 0 bridgehead atoms. The van der Waals surface area contributed by atoms with Crippen molar-refractivity contribution in [3.63, 3.8) is 0 Å². The molecule has 0 unspecified atom stereocenters. The maximum atomic E-state index is 5.26. The minimum absolute atomic E-state index is 0.847. The van der Waals surface area contributed by atoms with E-state index in [0.29, 0.717) is 0 Å². The molecule has 1 N–H and O–H groups in total. The molecule has 0 spiro atoms. The van der Waals surface area contributed by atoms with Crippen molar-refractivity contribution < 1.29 is 4.74 Å². The SMILES string of the molecule is COc1cccc(Cc2c(S)[nH]c3ccccc23)c1. The summed E-state index contributed by atoms with van der Waals surface area (Å²) in [4.78, 5) is 3.31. The molecule has 3 rings (SSSR count). The zero-order chi connectivity index (χ0) is 13.2. The molecular weight excluding hydrogens is 254 g/mol. The first-order valence-corrected chi connectivity index (χ1v) is 6.64. The third kappa shape index (κ3) is 2.34. The van der Waals surface area contributed by atoms with E-state index in [2.05, 4.69) is 47.9 Å². The van der Waals surface area contributed by atoms with Gasteiger partial charge in [0.15, 0.2) is 0 Å². The van der Waals surface area contributed by atoms with E-state index in [9.17, 15) is 0 Å². The van der Waals surface area contributed by atoms with E-state index in [4.69, 9.17) is 4.74 Å². The molecule has 2 aromatic carbocycles. The van der Waals surface area contributed by atoms with Crippen LogP contribution in [0, 0.1) is 0 Å². The van der Waals surface area contributed by atoms with Gasteiger partial charge < -0.3 is 9.72 Å². The van der Waals surface area contributed by atoms with Gasteiger partial charge in [0.25, 0.3) is 0 Å². The molecular formula is C16H15NOS. The molecule has 0 aliphatic heterocycles. The predicted octanol–water partition coefficient (Wildman–Crippen LogP) is 4.06. The van der Waals surface area contributed by atoms with Gasteiger partial charge in [-0.3, -0.25) is 0 Å². The number of benzene rings is 2. The van der Waals surface area contributed by atoms with Crippen LogP contribution in [0.2, 0.25) is 0 Å². The zero-order valence-electron chi connectivity index (χ0n) is 10.7. The molecule has 1 heterocycles. The van der Waals surface area contributed by atoms with Crippen molar-refractivity contribution >= 4 is 23.5 Å². The van der Waals surface area contributed by atoms with Crippen molar-refractivity contribution in [2.45, 2.75) is 11.4 Å². The van der Waals surface area contributed by atoms with Crippen molar-refractivity contribution in [2.75, 3.05) is 7.11 Å². The predicted molar refractivity (Wildman–Crippen MR) is 81.4 cm³/mol. The summed E-state index contributed by atoms with van der Waals surface area (Å²) < 4.78 is 5.26. The van der Waals surface area contributed by atoms with E-state index in [1.165, 1.54) is 16.5 Å². The molecule has 0 aliphatic carbocycles. The molecule has 19 heavy (non-hydrogen) atoms. The van der Waals surface area contributed by atoms with Crippen LogP contribution in [-0.2, 0) is 6.42 Å². The van der Waals surface area contributed by atoms with Gasteiger partial charge in [-0.1, -0.05) is 30.3 Å². The van der Waals surface area contributed by atoms with Crippen LogP contribution in [0.15, 0.2) is 53.6 Å². The van der Waals surface area contributed by atoms with Gasteiger partial charge in [0.1, 0.15) is 5.75 Å². The first kappa shape index (κ1) is 12.2. The summed E-state index contributed by atoms with van der Waals surface area (Å²) in [5, 5.41) is 2.17. The fourth-order valence-electron chi connectivity index (χ4n) is 2.35. The second kappa shape index (κ2) is 5.02. The van der Waals surface area contributed by atoms with E-state index in [0.717, 1.165) is 22.7 Å². The van der Waals surface area contributed by atoms with Crippen molar-refractivity contribution in [1.29, 1.82) is 0 Å². The number of rotatable bonds is 3. The van der Waals surface area contributed by atoms with E-state index in [-0.39, 0.29) is 0 Å². The number of hydrogen-bond acceptors (Lipinski definition) is 2. The van der Waals surface area contributed by atoms with E-state index in [1.807, 2.05) is 18.2 Å². The number of fused-ring (bicyclic) bond motifs is 1. The smallest absolute Gasteiger partial charge is 0.119 e. The molecule has 96 valence electrons. The topological polar surface area (TPSA) is 25.0 Å². The molecule has 0 saturated heterocycles. The highest BCUT2D eigenvalue weighted by Crippen LogP contribution is 2.27. The maximum Gasteiger partial charge on any atom is 0.119 e. The highest BCUT2D eigenvalue weighted by molar-refractivity contribution is 7.80. The fraction of sp³-hybridized carbons (Fsp3) is 0.125. The quantitative estimate of drug-likeness (QED) is 0.689. The molecule has 0 amide bonds. The number of aromatic nitrogens is 1. The van der Waals surface area contributed by atoms with E-state index in [1.54, 1.807) is 7.11 Å². The Bertz CT molecular complexity index is 718. The Labute approximate surface area is 117 Å². The normalized spacial score (nSPS) is 10.8. The van der Waals surface area contributed by atoms with Crippen LogP contribution in [0.4, 0.5) is 0 Å². The first-order valence-electron chi connectivity index (χ1n) is 6.19. The molecule has 0 aliphatic rings. The average molecular weight is 269 g/mol. The van der Waals surface area contributed by atoms with Crippen LogP contribution in [0.1, 0.15) is 11.1 Å². The lowest BCUT2D eigenvalue weighted by molar-refractivity contribution is 0.414. The summed E-state index contributed by atoms with van der Waals surface area (Å²) in [6.45, 7) is 0. The van der Waals surface area contributed by atoms with Gasteiger partial charge in [0, 0.05) is 17.3 Å². The number of nitrogens with one attached hydrogen (secondary N) is 1. The molecule has 0 fully saturated rings. The van der Waals surface area contributed by atoms with Gasteiger partial charge in [-0.2, -0.15) is 0 Å². The van der Waals surface area contributed by atoms with Crippen LogP contribution in [0.5, 0.6) is 5.75 Å². The van der Waals surface area contributed by atoms with Crippen LogP contribution in [0.25, 0.3) is 10.9 Å². The fourth-order valence-corrected chi connectivity index (χ4v) is 2.67. The second-order valence-corrected chi connectivity index (χ2v) is 4.97. The average Bonchev–Trinajstić information content (AvgIpc) is 2.76. The zero-order valence-corrected chi connectivity index (χ0v) is 11.6. The van der Waals surface area contributed by atoms with Crippen molar-refractivity contribution in [3.8, 4) is 5.75 Å². The number of ether oxygens (including phenoxy) is 1. The minimum Gasteiger partial charge on any atom is -0.497 e. The summed E-state index contributed by atoms with van der Waals surface area (Å²) >= 11 is 4.55. The standard InChI is InChI=1S/C16H15NOS/c1-18-12-6-4-5-11(9-12)10-14-13-7-2-3-8-15(13)17-16(14)19/h2-9,17,19H,10H2,1H3. The third-order valence-corrected chi connectivity index (χ3v) is 3.69. The lowest BCUT2D eigenvalue weighted by Gasteiger charge is -2.05. The van der Waals surface area contributed by atoms with E-state index >= 15 is 0 Å². The maximum absolute atomic E-state index is 5.26. The summed E-state index contributed by atoms with van der Waals surface area (Å²) in [5.74, 6) is 0.887. The third-order valence-electron chi connectivity index (χ3n) is 3.31. The molecule has 1 aromatic heterocycles.